The van der Waals surface area contributed by atoms with Gasteiger partial charge in [0.1, 0.15) is 0 Å². The van der Waals surface area contributed by atoms with Crippen molar-refractivity contribution in [3.63, 3.8) is 0 Å². The molecule has 0 bridgehead atoms. The summed E-state index contributed by atoms with van der Waals surface area (Å²) in [4.78, 5) is 24.0. The summed E-state index contributed by atoms with van der Waals surface area (Å²) < 4.78 is 0. The van der Waals surface area contributed by atoms with E-state index < -0.39 is 17.5 Å². The average Bonchev–Trinajstić information content (AvgIpc) is 2.51. The van der Waals surface area contributed by atoms with Crippen molar-refractivity contribution in [1.82, 2.24) is 10.2 Å². The molecule has 80 valence electrons. The predicted molar refractivity (Wildman–Crippen MR) is 50.3 cm³/mol. The highest BCUT2D eigenvalue weighted by Crippen LogP contribution is 2.12. The molecule has 1 aliphatic rings. The number of carbonyl (C=O) groups is 2. The van der Waals surface area contributed by atoms with Crippen molar-refractivity contribution in [2.75, 3.05) is 13.1 Å². The molecule has 0 aliphatic carbocycles. The molecular weight excluding hydrogens is 184 g/mol. The minimum atomic E-state index is -1.77. The molecule has 0 aromatic rings. The van der Waals surface area contributed by atoms with Crippen LogP contribution in [0.2, 0.25) is 0 Å². The lowest BCUT2D eigenvalue weighted by atomic mass is 10.2. The van der Waals surface area contributed by atoms with Crippen LogP contribution in [0.15, 0.2) is 0 Å². The maximum atomic E-state index is 11.7. The van der Waals surface area contributed by atoms with E-state index in [-0.39, 0.29) is 0 Å². The highest BCUT2D eigenvalue weighted by molar-refractivity contribution is 5.88. The minimum Gasteiger partial charge on any atom is -0.363 e. The predicted octanol–water partition coefficient (Wildman–Crippen LogP) is -0.547. The summed E-state index contributed by atoms with van der Waals surface area (Å²) in [5.74, 6) is -0.840. The second-order valence-corrected chi connectivity index (χ2v) is 3.75. The van der Waals surface area contributed by atoms with E-state index in [0.717, 1.165) is 12.8 Å². The highest BCUT2D eigenvalue weighted by Gasteiger charge is 2.36. The molecule has 1 rings (SSSR count). The number of nitrogens with one attached hydrogen (secondary N) is 1. The van der Waals surface area contributed by atoms with Crippen molar-refractivity contribution in [1.29, 1.82) is 0 Å². The molecule has 0 aromatic heterocycles. The number of carbonyl (C=O) groups excluding carboxylic acids is 2. The van der Waals surface area contributed by atoms with E-state index in [1.807, 2.05) is 0 Å². The van der Waals surface area contributed by atoms with E-state index in [4.69, 9.17) is 0 Å². The third-order valence-electron chi connectivity index (χ3n) is 2.23. The first-order valence-electron chi connectivity index (χ1n) is 4.74. The Hall–Kier alpha value is -1.10. The first-order chi connectivity index (χ1) is 6.43. The molecule has 5 heteroatoms. The summed E-state index contributed by atoms with van der Waals surface area (Å²) in [6.45, 7) is 3.89. The van der Waals surface area contributed by atoms with Crippen LogP contribution in [0.25, 0.3) is 0 Å². The Bertz CT molecular complexity index is 244. The monoisotopic (exact) mass is 200 g/mol. The Kier molecular flexibility index (Phi) is 3.10. The lowest BCUT2D eigenvalue weighted by Gasteiger charge is -2.27. The Balaban J connectivity index is 2.61. The molecule has 1 aliphatic heterocycles. The SMILES string of the molecule is CC(=O)NC(C)(O)C(=O)N1CCCC1. The number of rotatable bonds is 2. The van der Waals surface area contributed by atoms with Crippen LogP contribution in [0.1, 0.15) is 26.7 Å². The zero-order chi connectivity index (χ0) is 10.8. The van der Waals surface area contributed by atoms with Gasteiger partial charge in [0.25, 0.3) is 5.91 Å². The molecule has 0 aromatic carbocycles. The molecule has 2 amide bonds. The number of amides is 2. The fourth-order valence-electron chi connectivity index (χ4n) is 1.62. The second-order valence-electron chi connectivity index (χ2n) is 3.75. The van der Waals surface area contributed by atoms with Gasteiger partial charge in [0.2, 0.25) is 11.6 Å². The summed E-state index contributed by atoms with van der Waals surface area (Å²) in [5, 5.41) is 11.9. The van der Waals surface area contributed by atoms with Crippen LogP contribution >= 0.6 is 0 Å². The van der Waals surface area contributed by atoms with Crippen LogP contribution in [0.4, 0.5) is 0 Å². The summed E-state index contributed by atoms with van der Waals surface area (Å²) in [5.41, 5.74) is -1.77. The van der Waals surface area contributed by atoms with Gasteiger partial charge >= 0.3 is 0 Å². The summed E-state index contributed by atoms with van der Waals surface area (Å²) in [6.07, 6.45) is 1.92. The first kappa shape index (κ1) is 11.0. The average molecular weight is 200 g/mol. The summed E-state index contributed by atoms with van der Waals surface area (Å²) in [6, 6.07) is 0. The zero-order valence-corrected chi connectivity index (χ0v) is 8.54. The van der Waals surface area contributed by atoms with Crippen molar-refractivity contribution in [2.24, 2.45) is 0 Å². The molecule has 1 unspecified atom stereocenters. The molecule has 1 saturated heterocycles. The van der Waals surface area contributed by atoms with Crippen LogP contribution in [-0.4, -0.2) is 40.6 Å². The quantitative estimate of drug-likeness (QED) is 0.588. The molecule has 2 N–H and O–H groups in total. The number of likely N-dealkylation sites (tertiary alicyclic amines) is 1. The fourth-order valence-corrected chi connectivity index (χ4v) is 1.62. The molecule has 0 radical (unpaired) electrons. The first-order valence-corrected chi connectivity index (χ1v) is 4.74. The maximum Gasteiger partial charge on any atom is 0.275 e. The van der Waals surface area contributed by atoms with Crippen molar-refractivity contribution < 1.29 is 14.7 Å². The van der Waals surface area contributed by atoms with Crippen molar-refractivity contribution in [3.05, 3.63) is 0 Å². The molecule has 14 heavy (non-hydrogen) atoms. The largest absolute Gasteiger partial charge is 0.363 e. The van der Waals surface area contributed by atoms with Crippen molar-refractivity contribution >= 4 is 11.8 Å². The van der Waals surface area contributed by atoms with E-state index in [2.05, 4.69) is 5.32 Å². The number of aliphatic hydroxyl groups is 1. The van der Waals surface area contributed by atoms with Gasteiger partial charge in [-0.25, -0.2) is 0 Å². The third kappa shape index (κ3) is 2.45. The molecule has 0 saturated carbocycles. The number of nitrogens with zero attached hydrogens (tertiary/aromatic N) is 1. The second kappa shape index (κ2) is 3.96. The van der Waals surface area contributed by atoms with Crippen molar-refractivity contribution in [2.45, 2.75) is 32.4 Å². The van der Waals surface area contributed by atoms with Crippen LogP contribution in [-0.2, 0) is 9.59 Å². The smallest absolute Gasteiger partial charge is 0.275 e. The highest BCUT2D eigenvalue weighted by atomic mass is 16.3. The zero-order valence-electron chi connectivity index (χ0n) is 8.54. The molecule has 1 atom stereocenters. The van der Waals surface area contributed by atoms with E-state index in [0.29, 0.717) is 13.1 Å². The standard InChI is InChI=1S/C9H16N2O3/c1-7(12)10-9(2,14)8(13)11-5-3-4-6-11/h14H,3-6H2,1-2H3,(H,10,12). The van der Waals surface area contributed by atoms with Gasteiger partial charge in [0.15, 0.2) is 0 Å². The van der Waals surface area contributed by atoms with Gasteiger partial charge in [0.05, 0.1) is 0 Å². The van der Waals surface area contributed by atoms with Gasteiger partial charge in [-0.2, -0.15) is 0 Å². The van der Waals surface area contributed by atoms with E-state index in [9.17, 15) is 14.7 Å². The van der Waals surface area contributed by atoms with Crippen LogP contribution < -0.4 is 5.32 Å². The van der Waals surface area contributed by atoms with Crippen molar-refractivity contribution in [3.8, 4) is 0 Å². The Labute approximate surface area is 83.1 Å². The Morgan fingerprint density at radius 2 is 1.86 bits per heavy atom. The van der Waals surface area contributed by atoms with Crippen LogP contribution in [0.5, 0.6) is 0 Å². The van der Waals surface area contributed by atoms with Gasteiger partial charge < -0.3 is 15.3 Å². The van der Waals surface area contributed by atoms with E-state index >= 15 is 0 Å². The Morgan fingerprint density at radius 1 is 1.36 bits per heavy atom. The molecule has 1 heterocycles. The topological polar surface area (TPSA) is 69.6 Å². The number of hydrogen-bond acceptors (Lipinski definition) is 3. The van der Waals surface area contributed by atoms with Gasteiger partial charge in [-0.05, 0) is 19.8 Å². The molecular formula is C9H16N2O3. The third-order valence-corrected chi connectivity index (χ3v) is 2.23. The summed E-state index contributed by atoms with van der Waals surface area (Å²) in [7, 11) is 0. The maximum absolute atomic E-state index is 11.7. The van der Waals surface area contributed by atoms with Crippen LogP contribution in [0, 0.1) is 0 Å². The number of hydrogen-bond donors (Lipinski definition) is 2. The minimum absolute atomic E-state index is 0.414. The van der Waals surface area contributed by atoms with E-state index in [1.54, 1.807) is 4.90 Å². The van der Waals surface area contributed by atoms with Gasteiger partial charge in [0, 0.05) is 20.0 Å². The van der Waals surface area contributed by atoms with Crippen LogP contribution in [0.3, 0.4) is 0 Å². The molecule has 1 fully saturated rings. The Morgan fingerprint density at radius 3 is 2.29 bits per heavy atom. The molecule has 5 nitrogen and oxygen atoms in total. The van der Waals surface area contributed by atoms with E-state index in [1.165, 1.54) is 13.8 Å². The lowest BCUT2D eigenvalue weighted by molar-refractivity contribution is -0.155. The van der Waals surface area contributed by atoms with Gasteiger partial charge in [-0.15, -0.1) is 0 Å². The fraction of sp³-hybridized carbons (Fsp3) is 0.778. The normalized spacial score (nSPS) is 20.4. The molecule has 0 spiro atoms. The van der Waals surface area contributed by atoms with Gasteiger partial charge in [-0.3, -0.25) is 9.59 Å². The lowest BCUT2D eigenvalue weighted by Crippen LogP contribution is -2.56. The summed E-state index contributed by atoms with van der Waals surface area (Å²) >= 11 is 0. The van der Waals surface area contributed by atoms with Gasteiger partial charge in [-0.1, -0.05) is 0 Å².